The predicted octanol–water partition coefficient (Wildman–Crippen LogP) is 1.82. The van der Waals surface area contributed by atoms with E-state index in [0.717, 1.165) is 31.6 Å². The second-order valence-corrected chi connectivity index (χ2v) is 4.05. The molecule has 0 aromatic heterocycles. The number of ether oxygens (including phenoxy) is 1. The summed E-state index contributed by atoms with van der Waals surface area (Å²) in [5.74, 6) is -1.76. The van der Waals surface area contributed by atoms with E-state index in [-0.39, 0.29) is 18.1 Å². The van der Waals surface area contributed by atoms with Crippen LogP contribution in [0.15, 0.2) is 12.1 Å². The topological polar surface area (TPSA) is 45.0 Å². The first-order valence-corrected chi connectivity index (χ1v) is 5.43. The number of hydrogen-bond acceptors (Lipinski definition) is 3. The summed E-state index contributed by atoms with van der Waals surface area (Å²) in [4.78, 5) is 0. The van der Waals surface area contributed by atoms with E-state index in [1.54, 1.807) is 6.07 Å². The maximum Gasteiger partial charge on any atom is 0.190 e. The Morgan fingerprint density at radius 3 is 2.65 bits per heavy atom. The summed E-state index contributed by atoms with van der Waals surface area (Å²) in [5, 5.41) is 11.7. The van der Waals surface area contributed by atoms with Crippen LogP contribution in [-0.2, 0) is 0 Å². The lowest BCUT2D eigenvalue weighted by atomic mass is 10.1. The Labute approximate surface area is 98.0 Å². The Balaban J connectivity index is 2.07. The fourth-order valence-corrected chi connectivity index (χ4v) is 1.82. The molecule has 1 aliphatic rings. The van der Waals surface area contributed by atoms with E-state index in [1.165, 1.54) is 0 Å². The summed E-state index contributed by atoms with van der Waals surface area (Å²) < 4.78 is 32.0. The van der Waals surface area contributed by atoms with Gasteiger partial charge in [0.2, 0.25) is 0 Å². The van der Waals surface area contributed by atoms with Crippen LogP contribution in [0.2, 0.25) is 0 Å². The maximum absolute atomic E-state index is 13.4. The summed E-state index contributed by atoms with van der Waals surface area (Å²) in [6.07, 6.45) is 0.944. The van der Waals surface area contributed by atoms with E-state index in [2.05, 4.69) is 5.32 Å². The van der Waals surface area contributed by atoms with Crippen molar-refractivity contribution in [2.24, 2.45) is 5.92 Å². The van der Waals surface area contributed by atoms with Crippen LogP contribution >= 0.6 is 0 Å². The van der Waals surface area contributed by atoms with Gasteiger partial charge in [0.25, 0.3) is 0 Å². The van der Waals surface area contributed by atoms with Gasteiger partial charge < -0.3 is 10.1 Å². The third-order valence-electron chi connectivity index (χ3n) is 2.75. The molecule has 1 aliphatic heterocycles. The second-order valence-electron chi connectivity index (χ2n) is 4.05. The van der Waals surface area contributed by atoms with E-state index >= 15 is 0 Å². The molecule has 1 saturated heterocycles. The molecule has 0 saturated carbocycles. The molecule has 0 aliphatic carbocycles. The summed E-state index contributed by atoms with van der Waals surface area (Å²) in [6, 6.07) is 3.64. The molecule has 0 radical (unpaired) electrons. The summed E-state index contributed by atoms with van der Waals surface area (Å²) in [7, 11) is 0. The van der Waals surface area contributed by atoms with Gasteiger partial charge in [0, 0.05) is 12.5 Å². The average Bonchev–Trinajstić information content (AvgIpc) is 2.80. The normalized spacial score (nSPS) is 19.0. The first-order chi connectivity index (χ1) is 8.20. The predicted molar refractivity (Wildman–Crippen MR) is 57.5 cm³/mol. The molecule has 3 nitrogen and oxygen atoms in total. The Morgan fingerprint density at radius 1 is 1.41 bits per heavy atom. The van der Waals surface area contributed by atoms with Crippen molar-refractivity contribution in [1.29, 1.82) is 5.26 Å². The monoisotopic (exact) mass is 238 g/mol. The molecule has 1 atom stereocenters. The molecule has 0 bridgehead atoms. The number of hydrogen-bond donors (Lipinski definition) is 1. The van der Waals surface area contributed by atoms with E-state index in [0.29, 0.717) is 0 Å². The Bertz CT molecular complexity index is 427. The van der Waals surface area contributed by atoms with Crippen LogP contribution in [0.1, 0.15) is 12.0 Å². The highest BCUT2D eigenvalue weighted by atomic mass is 19.1. The number of benzene rings is 1. The minimum atomic E-state index is -0.826. The molecule has 1 aromatic carbocycles. The lowest BCUT2D eigenvalue weighted by Crippen LogP contribution is -2.16. The van der Waals surface area contributed by atoms with E-state index in [9.17, 15) is 8.78 Å². The van der Waals surface area contributed by atoms with E-state index in [1.807, 2.05) is 0 Å². The maximum atomic E-state index is 13.4. The zero-order valence-electron chi connectivity index (χ0n) is 9.17. The molecule has 1 N–H and O–H groups in total. The van der Waals surface area contributed by atoms with Gasteiger partial charge in [-0.2, -0.15) is 5.26 Å². The van der Waals surface area contributed by atoms with Crippen molar-refractivity contribution in [3.8, 4) is 11.8 Å². The molecule has 1 heterocycles. The van der Waals surface area contributed by atoms with Crippen LogP contribution in [0.3, 0.4) is 0 Å². The minimum absolute atomic E-state index is 0.0464. The van der Waals surface area contributed by atoms with Crippen molar-refractivity contribution in [2.45, 2.75) is 6.42 Å². The third kappa shape index (κ3) is 2.71. The molecule has 0 amide bonds. The molecule has 2 rings (SSSR count). The summed E-state index contributed by atoms with van der Waals surface area (Å²) in [6.45, 7) is 2.00. The van der Waals surface area contributed by atoms with Gasteiger partial charge in [0.15, 0.2) is 17.4 Å². The van der Waals surface area contributed by atoms with E-state index in [4.69, 9.17) is 10.00 Å². The zero-order valence-corrected chi connectivity index (χ0v) is 9.17. The smallest absolute Gasteiger partial charge is 0.190 e. The van der Waals surface area contributed by atoms with Crippen molar-refractivity contribution in [2.75, 3.05) is 19.7 Å². The Hall–Kier alpha value is -1.67. The van der Waals surface area contributed by atoms with Crippen molar-refractivity contribution in [1.82, 2.24) is 5.32 Å². The van der Waals surface area contributed by atoms with Gasteiger partial charge in [0.05, 0.1) is 18.2 Å². The van der Waals surface area contributed by atoms with Crippen molar-refractivity contribution < 1.29 is 13.5 Å². The fraction of sp³-hybridized carbons (Fsp3) is 0.417. The van der Waals surface area contributed by atoms with Crippen LogP contribution in [0.5, 0.6) is 5.75 Å². The fourth-order valence-electron chi connectivity index (χ4n) is 1.82. The third-order valence-corrected chi connectivity index (χ3v) is 2.75. The van der Waals surface area contributed by atoms with E-state index < -0.39 is 17.4 Å². The molecule has 5 heteroatoms. The summed E-state index contributed by atoms with van der Waals surface area (Å²) >= 11 is 0. The molecular formula is C12H12F2N2O. The standard InChI is InChI=1S/C12H12F2N2O/c13-10-3-9(5-15)4-11(14)12(10)17-7-8-1-2-16-6-8/h3-4,8,16H,1-2,6-7H2. The van der Waals surface area contributed by atoms with Gasteiger partial charge in [-0.05, 0) is 25.1 Å². The Morgan fingerprint density at radius 2 is 2.12 bits per heavy atom. The molecule has 90 valence electrons. The number of halogens is 2. The number of nitrogens with one attached hydrogen (secondary N) is 1. The van der Waals surface area contributed by atoms with Gasteiger partial charge in [-0.3, -0.25) is 0 Å². The zero-order chi connectivity index (χ0) is 12.3. The van der Waals surface area contributed by atoms with Crippen LogP contribution in [0.4, 0.5) is 8.78 Å². The highest BCUT2D eigenvalue weighted by molar-refractivity contribution is 5.37. The van der Waals surface area contributed by atoms with Crippen molar-refractivity contribution >= 4 is 0 Å². The minimum Gasteiger partial charge on any atom is -0.487 e. The SMILES string of the molecule is N#Cc1cc(F)c(OCC2CCNC2)c(F)c1. The molecule has 1 unspecified atom stereocenters. The number of nitrogens with zero attached hydrogens (tertiary/aromatic N) is 1. The highest BCUT2D eigenvalue weighted by Gasteiger charge is 2.18. The van der Waals surface area contributed by atoms with Gasteiger partial charge in [0.1, 0.15) is 0 Å². The van der Waals surface area contributed by atoms with Crippen LogP contribution in [0.25, 0.3) is 0 Å². The first kappa shape index (κ1) is 11.8. The second kappa shape index (κ2) is 5.11. The number of rotatable bonds is 3. The Kier molecular flexibility index (Phi) is 3.55. The van der Waals surface area contributed by atoms with Crippen LogP contribution in [-0.4, -0.2) is 19.7 Å². The average molecular weight is 238 g/mol. The molecule has 17 heavy (non-hydrogen) atoms. The summed E-state index contributed by atoms with van der Waals surface area (Å²) in [5.41, 5.74) is -0.0464. The largest absolute Gasteiger partial charge is 0.487 e. The van der Waals surface area contributed by atoms with Gasteiger partial charge >= 0.3 is 0 Å². The van der Waals surface area contributed by atoms with Crippen molar-refractivity contribution in [3.63, 3.8) is 0 Å². The quantitative estimate of drug-likeness (QED) is 0.873. The van der Waals surface area contributed by atoms with Crippen molar-refractivity contribution in [3.05, 3.63) is 29.3 Å². The number of nitriles is 1. The lowest BCUT2D eigenvalue weighted by Gasteiger charge is -2.12. The highest BCUT2D eigenvalue weighted by Crippen LogP contribution is 2.24. The first-order valence-electron chi connectivity index (χ1n) is 5.43. The van der Waals surface area contributed by atoms with Gasteiger partial charge in [-0.25, -0.2) is 8.78 Å². The molecule has 1 fully saturated rings. The lowest BCUT2D eigenvalue weighted by molar-refractivity contribution is 0.238. The van der Waals surface area contributed by atoms with Crippen LogP contribution in [0, 0.1) is 28.9 Å². The van der Waals surface area contributed by atoms with Gasteiger partial charge in [-0.1, -0.05) is 0 Å². The van der Waals surface area contributed by atoms with Crippen LogP contribution < -0.4 is 10.1 Å². The molecular weight excluding hydrogens is 226 g/mol. The molecule has 0 spiro atoms. The van der Waals surface area contributed by atoms with Gasteiger partial charge in [-0.15, -0.1) is 0 Å². The molecule has 1 aromatic rings.